The highest BCUT2D eigenvalue weighted by atomic mass is 35.5. The minimum Gasteiger partial charge on any atom is -0.366 e. The van der Waals surface area contributed by atoms with E-state index < -0.39 is 0 Å². The van der Waals surface area contributed by atoms with E-state index in [1.807, 2.05) is 24.3 Å². The second-order valence-corrected chi connectivity index (χ2v) is 3.52. The Balaban J connectivity index is 2.30. The van der Waals surface area contributed by atoms with Crippen molar-refractivity contribution < 1.29 is 0 Å². The molecule has 1 aromatic heterocycles. The number of aromatic nitrogens is 3. The van der Waals surface area contributed by atoms with Gasteiger partial charge in [-0.25, -0.2) is 4.68 Å². The van der Waals surface area contributed by atoms with E-state index in [4.69, 9.17) is 23.2 Å². The molecule has 0 aliphatic carbocycles. The molecule has 0 amide bonds. The molecular formula is C9H10ClN5. The summed E-state index contributed by atoms with van der Waals surface area (Å²) in [5, 5.41) is 8.20. The second kappa shape index (κ2) is 3.78. The van der Waals surface area contributed by atoms with E-state index in [1.54, 1.807) is 0 Å². The fourth-order valence-corrected chi connectivity index (χ4v) is 1.47. The lowest BCUT2D eigenvalue weighted by Gasteiger charge is -2.03. The molecule has 0 radical (unpaired) electrons. The number of nitrogens with zero attached hydrogens (tertiary/aromatic N) is 3. The average Bonchev–Trinajstić information content (AvgIpc) is 2.53. The quantitative estimate of drug-likeness (QED) is 0.739. The van der Waals surface area contributed by atoms with Gasteiger partial charge in [-0.3, -0.25) is 0 Å². The normalized spacial score (nSPS) is 10.5. The third kappa shape index (κ3) is 1.87. The first-order valence-electron chi connectivity index (χ1n) is 4.36. The Kier molecular flexibility index (Phi) is 2.47. The lowest BCUT2D eigenvalue weighted by Crippen LogP contribution is -2.15. The van der Waals surface area contributed by atoms with E-state index >= 15 is 0 Å². The van der Waals surface area contributed by atoms with Crippen molar-refractivity contribution in [1.29, 1.82) is 0 Å². The van der Waals surface area contributed by atoms with Crippen molar-refractivity contribution in [2.75, 3.05) is 11.6 Å². The number of hydrogen-bond donors (Lipinski definition) is 2. The van der Waals surface area contributed by atoms with Gasteiger partial charge in [0.1, 0.15) is 0 Å². The van der Waals surface area contributed by atoms with Gasteiger partial charge in [0, 0.05) is 11.4 Å². The Morgan fingerprint density at radius 2 is 2.00 bits per heavy atom. The first kappa shape index (κ1) is 9.79. The van der Waals surface area contributed by atoms with Crippen molar-refractivity contribution in [1.82, 2.24) is 14.9 Å². The molecule has 0 spiro atoms. The van der Waals surface area contributed by atoms with E-state index in [9.17, 15) is 0 Å². The Labute approximate surface area is 91.6 Å². The summed E-state index contributed by atoms with van der Waals surface area (Å²) in [6.07, 6.45) is 0.514. The minimum absolute atomic E-state index is 0.192. The number of nitrogen functional groups attached to an aromatic ring is 2. The van der Waals surface area contributed by atoms with Gasteiger partial charge in [-0.2, -0.15) is 0 Å². The van der Waals surface area contributed by atoms with Gasteiger partial charge in [0.15, 0.2) is 5.82 Å². The Hall–Kier alpha value is -1.75. The molecule has 0 atom stereocenters. The van der Waals surface area contributed by atoms with Crippen molar-refractivity contribution in [2.24, 2.45) is 0 Å². The van der Waals surface area contributed by atoms with Crippen LogP contribution in [0.2, 0.25) is 5.02 Å². The predicted molar refractivity (Wildman–Crippen MR) is 58.8 cm³/mol. The molecule has 0 aliphatic heterocycles. The highest BCUT2D eigenvalue weighted by molar-refractivity contribution is 6.31. The van der Waals surface area contributed by atoms with Gasteiger partial charge in [0.25, 0.3) is 0 Å². The second-order valence-electron chi connectivity index (χ2n) is 3.11. The van der Waals surface area contributed by atoms with Gasteiger partial charge >= 0.3 is 0 Å². The first-order valence-corrected chi connectivity index (χ1v) is 4.74. The SMILES string of the molecule is Nc1nnc(Cc2ccccc2Cl)n1N. The highest BCUT2D eigenvalue weighted by Gasteiger charge is 2.08. The van der Waals surface area contributed by atoms with Crippen LogP contribution in [0.15, 0.2) is 24.3 Å². The molecular weight excluding hydrogens is 214 g/mol. The molecule has 15 heavy (non-hydrogen) atoms. The van der Waals surface area contributed by atoms with E-state index in [2.05, 4.69) is 10.2 Å². The summed E-state index contributed by atoms with van der Waals surface area (Å²) in [6, 6.07) is 7.50. The minimum atomic E-state index is 0.192. The van der Waals surface area contributed by atoms with Gasteiger partial charge in [-0.1, -0.05) is 29.8 Å². The molecule has 0 aliphatic rings. The fourth-order valence-electron chi connectivity index (χ4n) is 1.27. The molecule has 2 aromatic rings. The van der Waals surface area contributed by atoms with E-state index in [-0.39, 0.29) is 5.95 Å². The van der Waals surface area contributed by atoms with Crippen LogP contribution in [0.1, 0.15) is 11.4 Å². The zero-order chi connectivity index (χ0) is 10.8. The monoisotopic (exact) mass is 223 g/mol. The van der Waals surface area contributed by atoms with Gasteiger partial charge < -0.3 is 11.6 Å². The predicted octanol–water partition coefficient (Wildman–Crippen LogP) is 0.818. The van der Waals surface area contributed by atoms with Crippen LogP contribution in [0, 0.1) is 0 Å². The van der Waals surface area contributed by atoms with E-state index in [0.29, 0.717) is 17.3 Å². The molecule has 0 saturated carbocycles. The topological polar surface area (TPSA) is 82.8 Å². The molecule has 2 rings (SSSR count). The van der Waals surface area contributed by atoms with Crippen LogP contribution in [-0.2, 0) is 6.42 Å². The molecule has 1 aromatic carbocycles. The molecule has 6 heteroatoms. The van der Waals surface area contributed by atoms with Crippen LogP contribution in [0.25, 0.3) is 0 Å². The smallest absolute Gasteiger partial charge is 0.240 e. The van der Waals surface area contributed by atoms with Crippen LogP contribution in [0.3, 0.4) is 0 Å². The summed E-state index contributed by atoms with van der Waals surface area (Å²) < 4.78 is 1.25. The largest absolute Gasteiger partial charge is 0.366 e. The highest BCUT2D eigenvalue weighted by Crippen LogP contribution is 2.17. The molecule has 78 valence electrons. The van der Waals surface area contributed by atoms with E-state index in [1.165, 1.54) is 4.68 Å². The summed E-state index contributed by atoms with van der Waals surface area (Å²) in [4.78, 5) is 0. The average molecular weight is 224 g/mol. The van der Waals surface area contributed by atoms with Gasteiger partial charge in [0.05, 0.1) is 0 Å². The third-order valence-corrected chi connectivity index (χ3v) is 2.47. The van der Waals surface area contributed by atoms with Crippen molar-refractivity contribution in [2.45, 2.75) is 6.42 Å². The molecule has 5 nitrogen and oxygen atoms in total. The fraction of sp³-hybridized carbons (Fsp3) is 0.111. The number of halogens is 1. The molecule has 0 unspecified atom stereocenters. The molecule has 0 bridgehead atoms. The number of hydrogen-bond acceptors (Lipinski definition) is 4. The summed E-state index contributed by atoms with van der Waals surface area (Å²) in [7, 11) is 0. The molecule has 4 N–H and O–H groups in total. The molecule has 1 heterocycles. The number of nitrogens with two attached hydrogens (primary N) is 2. The molecule has 0 fully saturated rings. The first-order chi connectivity index (χ1) is 7.18. The standard InChI is InChI=1S/C9H10ClN5/c10-7-4-2-1-3-6(7)5-8-13-14-9(11)15(8)12/h1-4H,5,12H2,(H2,11,14). The van der Waals surface area contributed by atoms with Crippen molar-refractivity contribution >= 4 is 17.5 Å². The van der Waals surface area contributed by atoms with Crippen LogP contribution in [0.4, 0.5) is 5.95 Å². The Morgan fingerprint density at radius 3 is 2.60 bits per heavy atom. The van der Waals surface area contributed by atoms with Crippen molar-refractivity contribution in [3.63, 3.8) is 0 Å². The van der Waals surface area contributed by atoms with Crippen LogP contribution in [-0.4, -0.2) is 14.9 Å². The summed E-state index contributed by atoms with van der Waals surface area (Å²) in [6.45, 7) is 0. The van der Waals surface area contributed by atoms with Crippen molar-refractivity contribution in [3.8, 4) is 0 Å². The Bertz CT molecular complexity index is 479. The van der Waals surface area contributed by atoms with Crippen molar-refractivity contribution in [3.05, 3.63) is 40.7 Å². The van der Waals surface area contributed by atoms with Gasteiger partial charge in [-0.15, -0.1) is 10.2 Å². The zero-order valence-corrected chi connectivity index (χ0v) is 8.65. The Morgan fingerprint density at radius 1 is 1.27 bits per heavy atom. The summed E-state index contributed by atoms with van der Waals surface area (Å²) in [5.74, 6) is 6.40. The maximum Gasteiger partial charge on any atom is 0.240 e. The van der Waals surface area contributed by atoms with Gasteiger partial charge in [-0.05, 0) is 11.6 Å². The number of rotatable bonds is 2. The lowest BCUT2D eigenvalue weighted by atomic mass is 10.1. The van der Waals surface area contributed by atoms with E-state index in [0.717, 1.165) is 5.56 Å². The van der Waals surface area contributed by atoms with Crippen LogP contribution >= 0.6 is 11.6 Å². The third-order valence-electron chi connectivity index (χ3n) is 2.10. The lowest BCUT2D eigenvalue weighted by molar-refractivity contribution is 0.879. The molecule has 0 saturated heterocycles. The van der Waals surface area contributed by atoms with Crippen LogP contribution < -0.4 is 11.6 Å². The summed E-state index contributed by atoms with van der Waals surface area (Å²) in [5.41, 5.74) is 6.41. The van der Waals surface area contributed by atoms with Crippen LogP contribution in [0.5, 0.6) is 0 Å². The zero-order valence-electron chi connectivity index (χ0n) is 7.89. The number of anilines is 1. The maximum absolute atomic E-state index is 6.00. The van der Waals surface area contributed by atoms with Gasteiger partial charge in [0.2, 0.25) is 5.95 Å². The number of benzene rings is 1. The summed E-state index contributed by atoms with van der Waals surface area (Å²) >= 11 is 6.00. The maximum atomic E-state index is 6.00.